The van der Waals surface area contributed by atoms with E-state index in [0.29, 0.717) is 21.7 Å². The van der Waals surface area contributed by atoms with Gasteiger partial charge in [0.1, 0.15) is 6.54 Å². The summed E-state index contributed by atoms with van der Waals surface area (Å²) in [6.45, 7) is -0.781. The van der Waals surface area contributed by atoms with Crippen LogP contribution in [-0.2, 0) is 14.3 Å². The van der Waals surface area contributed by atoms with Crippen LogP contribution in [0.15, 0.2) is 84.9 Å². The minimum Gasteiger partial charge on any atom is -0.448 e. The number of halogens is 1. The summed E-state index contributed by atoms with van der Waals surface area (Å²) < 4.78 is 5.40. The Morgan fingerprint density at radius 1 is 0.727 bits per heavy atom. The summed E-state index contributed by atoms with van der Waals surface area (Å²) in [6, 6.07) is 23.2. The summed E-state index contributed by atoms with van der Waals surface area (Å²) in [6.07, 6.45) is -1.20. The van der Waals surface area contributed by atoms with E-state index in [-0.39, 0.29) is 6.54 Å². The van der Waals surface area contributed by atoms with Crippen LogP contribution < -0.4 is 10.6 Å². The molecular formula is C25H21ClN2O5. The Morgan fingerprint density at radius 3 is 1.91 bits per heavy atom. The lowest BCUT2D eigenvalue weighted by Crippen LogP contribution is -2.39. The molecular weight excluding hydrogens is 444 g/mol. The predicted octanol–water partition coefficient (Wildman–Crippen LogP) is 3.35. The van der Waals surface area contributed by atoms with Gasteiger partial charge in [-0.3, -0.25) is 19.2 Å². The maximum atomic E-state index is 13.0. The Balaban J connectivity index is 1.57. The van der Waals surface area contributed by atoms with E-state index in [1.165, 1.54) is 0 Å². The SMILES string of the molecule is O=C(CNC(=O)c1ccccc1)NCC(=O)O[C@H](C(=O)c1ccccc1)c1ccc(Cl)cc1. The minimum atomic E-state index is -1.20. The number of carbonyl (C=O) groups is 4. The maximum Gasteiger partial charge on any atom is 0.326 e. The van der Waals surface area contributed by atoms with Crippen molar-refractivity contribution in [1.29, 1.82) is 0 Å². The van der Waals surface area contributed by atoms with Gasteiger partial charge in [0, 0.05) is 21.7 Å². The number of hydrogen-bond acceptors (Lipinski definition) is 5. The van der Waals surface area contributed by atoms with Gasteiger partial charge in [-0.1, -0.05) is 72.3 Å². The first kappa shape index (κ1) is 23.7. The molecule has 7 nitrogen and oxygen atoms in total. The third-order valence-electron chi connectivity index (χ3n) is 4.59. The zero-order valence-electron chi connectivity index (χ0n) is 17.5. The molecule has 0 aliphatic rings. The maximum absolute atomic E-state index is 13.0. The number of Topliss-reactive ketones (excluding diaryl/α,β-unsaturated/α-hetero) is 1. The van der Waals surface area contributed by atoms with Crippen LogP contribution in [0.1, 0.15) is 32.4 Å². The number of nitrogens with one attached hydrogen (secondary N) is 2. The number of ether oxygens (including phenoxy) is 1. The lowest BCUT2D eigenvalue weighted by Gasteiger charge is -2.18. The Bertz CT molecular complexity index is 1120. The van der Waals surface area contributed by atoms with Crippen molar-refractivity contribution in [3.8, 4) is 0 Å². The number of ketones is 1. The van der Waals surface area contributed by atoms with Gasteiger partial charge in [-0.05, 0) is 24.3 Å². The van der Waals surface area contributed by atoms with E-state index < -0.39 is 36.2 Å². The average Bonchev–Trinajstić information content (AvgIpc) is 2.86. The fourth-order valence-electron chi connectivity index (χ4n) is 2.92. The molecule has 0 spiro atoms. The van der Waals surface area contributed by atoms with Crippen molar-refractivity contribution in [2.45, 2.75) is 6.10 Å². The Kier molecular flexibility index (Phi) is 8.32. The predicted molar refractivity (Wildman–Crippen MR) is 123 cm³/mol. The standard InChI is InChI=1S/C25H21ClN2O5/c26-20-13-11-18(12-14-20)24(23(31)17-7-3-1-4-8-17)33-22(30)16-27-21(29)15-28-25(32)19-9-5-2-6-10-19/h1-14,24H,15-16H2,(H,27,29)(H,28,32)/t24-/m0/s1. The van der Waals surface area contributed by atoms with Crippen LogP contribution in [0.5, 0.6) is 0 Å². The molecule has 0 heterocycles. The van der Waals surface area contributed by atoms with Gasteiger partial charge in [0.2, 0.25) is 11.7 Å². The Morgan fingerprint density at radius 2 is 1.30 bits per heavy atom. The first-order chi connectivity index (χ1) is 15.9. The molecule has 1 atom stereocenters. The van der Waals surface area contributed by atoms with Gasteiger partial charge in [-0.25, -0.2) is 0 Å². The van der Waals surface area contributed by atoms with E-state index in [1.807, 2.05) is 0 Å². The summed E-state index contributed by atoms with van der Waals surface area (Å²) in [5.74, 6) is -2.20. The van der Waals surface area contributed by atoms with Gasteiger partial charge in [-0.15, -0.1) is 0 Å². The second-order valence-electron chi connectivity index (χ2n) is 6.98. The summed E-state index contributed by atoms with van der Waals surface area (Å²) >= 11 is 5.92. The minimum absolute atomic E-state index is 0.315. The van der Waals surface area contributed by atoms with Crippen LogP contribution in [0.4, 0.5) is 0 Å². The van der Waals surface area contributed by atoms with Gasteiger partial charge < -0.3 is 15.4 Å². The Labute approximate surface area is 195 Å². The number of carbonyl (C=O) groups excluding carboxylic acids is 4. The molecule has 0 radical (unpaired) electrons. The second-order valence-corrected chi connectivity index (χ2v) is 7.41. The molecule has 8 heteroatoms. The molecule has 0 aliphatic carbocycles. The molecule has 0 saturated carbocycles. The van der Waals surface area contributed by atoms with E-state index in [0.717, 1.165) is 0 Å². The zero-order valence-corrected chi connectivity index (χ0v) is 18.2. The topological polar surface area (TPSA) is 102 Å². The average molecular weight is 465 g/mol. The molecule has 3 aromatic rings. The van der Waals surface area contributed by atoms with Gasteiger partial charge in [0.25, 0.3) is 5.91 Å². The van der Waals surface area contributed by atoms with Crippen molar-refractivity contribution in [1.82, 2.24) is 10.6 Å². The first-order valence-electron chi connectivity index (χ1n) is 10.1. The lowest BCUT2D eigenvalue weighted by atomic mass is 10.00. The van der Waals surface area contributed by atoms with Gasteiger partial charge in [-0.2, -0.15) is 0 Å². The highest BCUT2D eigenvalue weighted by molar-refractivity contribution is 6.30. The molecule has 3 aromatic carbocycles. The van der Waals surface area contributed by atoms with Crippen LogP contribution in [0.2, 0.25) is 5.02 Å². The molecule has 0 bridgehead atoms. The largest absolute Gasteiger partial charge is 0.448 e. The molecule has 0 saturated heterocycles. The van der Waals surface area contributed by atoms with Crippen molar-refractivity contribution in [3.63, 3.8) is 0 Å². The molecule has 2 amide bonds. The quantitative estimate of drug-likeness (QED) is 0.373. The molecule has 3 rings (SSSR count). The molecule has 0 unspecified atom stereocenters. The summed E-state index contributed by atoms with van der Waals surface area (Å²) in [7, 11) is 0. The lowest BCUT2D eigenvalue weighted by molar-refractivity contribution is -0.147. The Hall–Kier alpha value is -3.97. The van der Waals surface area contributed by atoms with Gasteiger partial charge >= 0.3 is 5.97 Å². The molecule has 0 fully saturated rings. The number of hydrogen-bond donors (Lipinski definition) is 2. The van der Waals surface area contributed by atoms with Crippen LogP contribution in [0, 0.1) is 0 Å². The van der Waals surface area contributed by atoms with Crippen LogP contribution in [0.25, 0.3) is 0 Å². The van der Waals surface area contributed by atoms with Crippen molar-refractivity contribution >= 4 is 35.2 Å². The first-order valence-corrected chi connectivity index (χ1v) is 10.5. The molecule has 33 heavy (non-hydrogen) atoms. The van der Waals surface area contributed by atoms with E-state index in [1.54, 1.807) is 84.9 Å². The van der Waals surface area contributed by atoms with Crippen molar-refractivity contribution in [2.24, 2.45) is 0 Å². The molecule has 0 aromatic heterocycles. The third-order valence-corrected chi connectivity index (χ3v) is 4.85. The molecule has 168 valence electrons. The number of amides is 2. The second kappa shape index (κ2) is 11.6. The van der Waals surface area contributed by atoms with E-state index in [2.05, 4.69) is 10.6 Å². The monoisotopic (exact) mass is 464 g/mol. The fraction of sp³-hybridized carbons (Fsp3) is 0.120. The third kappa shape index (κ3) is 7.02. The molecule has 2 N–H and O–H groups in total. The normalized spacial score (nSPS) is 11.2. The van der Waals surface area contributed by atoms with Crippen molar-refractivity contribution < 1.29 is 23.9 Å². The number of benzene rings is 3. The fourth-order valence-corrected chi connectivity index (χ4v) is 3.05. The van der Waals surface area contributed by atoms with Crippen LogP contribution >= 0.6 is 11.6 Å². The highest BCUT2D eigenvalue weighted by atomic mass is 35.5. The number of rotatable bonds is 9. The van der Waals surface area contributed by atoms with Gasteiger partial charge in [0.15, 0.2) is 6.10 Å². The summed E-state index contributed by atoms with van der Waals surface area (Å²) in [4.78, 5) is 49.4. The smallest absolute Gasteiger partial charge is 0.326 e. The van der Waals surface area contributed by atoms with E-state index in [9.17, 15) is 19.2 Å². The van der Waals surface area contributed by atoms with Crippen molar-refractivity contribution in [2.75, 3.05) is 13.1 Å². The van der Waals surface area contributed by atoms with Crippen LogP contribution in [0.3, 0.4) is 0 Å². The highest BCUT2D eigenvalue weighted by Crippen LogP contribution is 2.24. The summed E-state index contributed by atoms with van der Waals surface area (Å²) in [5, 5.41) is 5.31. The van der Waals surface area contributed by atoms with Gasteiger partial charge in [0.05, 0.1) is 6.54 Å². The molecule has 0 aliphatic heterocycles. The number of esters is 1. The highest BCUT2D eigenvalue weighted by Gasteiger charge is 2.26. The van der Waals surface area contributed by atoms with E-state index >= 15 is 0 Å². The zero-order chi connectivity index (χ0) is 23.6. The van der Waals surface area contributed by atoms with E-state index in [4.69, 9.17) is 16.3 Å². The van der Waals surface area contributed by atoms with Crippen molar-refractivity contribution in [3.05, 3.63) is 107 Å². The summed E-state index contributed by atoms with van der Waals surface area (Å²) in [5.41, 5.74) is 1.23. The van der Waals surface area contributed by atoms with Crippen LogP contribution in [-0.4, -0.2) is 36.7 Å².